The summed E-state index contributed by atoms with van der Waals surface area (Å²) in [5, 5.41) is 0.580. The number of rotatable bonds is 4. The van der Waals surface area contributed by atoms with Crippen molar-refractivity contribution in [2.24, 2.45) is 5.92 Å². The minimum absolute atomic E-state index is 0.337. The van der Waals surface area contributed by atoms with E-state index in [0.29, 0.717) is 15.9 Å². The highest BCUT2D eigenvalue weighted by Gasteiger charge is 2.18. The molecule has 0 aromatic carbocycles. The fourth-order valence-electron chi connectivity index (χ4n) is 0.521. The lowest BCUT2D eigenvalue weighted by Gasteiger charge is -2.22. The molecule has 0 aliphatic heterocycles. The molecule has 0 spiro atoms. The lowest BCUT2D eigenvalue weighted by atomic mass is 10.1. The zero-order chi connectivity index (χ0) is 9.78. The zero-order valence-corrected chi connectivity index (χ0v) is 10.9. The van der Waals surface area contributed by atoms with E-state index in [1.54, 1.807) is 0 Å². The maximum Gasteiger partial charge on any atom is 0.0353 e. The van der Waals surface area contributed by atoms with Gasteiger partial charge in [0.25, 0.3) is 0 Å². The molecule has 0 radical (unpaired) electrons. The summed E-state index contributed by atoms with van der Waals surface area (Å²) >= 11 is 5.86. The molecule has 74 valence electrons. The number of alkyl halides is 1. The van der Waals surface area contributed by atoms with Crippen molar-refractivity contribution in [2.75, 3.05) is 5.88 Å². The first-order valence-electron chi connectivity index (χ1n) is 4.27. The summed E-state index contributed by atoms with van der Waals surface area (Å²) in [6, 6.07) is 0. The van der Waals surface area contributed by atoms with Gasteiger partial charge in [0.2, 0.25) is 0 Å². The predicted molar refractivity (Wildman–Crippen MR) is 64.3 cm³/mol. The van der Waals surface area contributed by atoms with Crippen LogP contribution in [-0.4, -0.2) is 15.9 Å². The second kappa shape index (κ2) is 5.66. The molecule has 0 rings (SSSR count). The molecule has 0 bridgehead atoms. The highest BCUT2D eigenvalue weighted by Crippen LogP contribution is 2.40. The Morgan fingerprint density at radius 2 is 1.75 bits per heavy atom. The predicted octanol–water partition coefficient (Wildman–Crippen LogP) is 4.43. The van der Waals surface area contributed by atoms with Crippen molar-refractivity contribution in [3.05, 3.63) is 0 Å². The first-order valence-corrected chi connectivity index (χ1v) is 7.02. The van der Waals surface area contributed by atoms with Crippen molar-refractivity contribution >= 4 is 33.2 Å². The van der Waals surface area contributed by atoms with Crippen molar-refractivity contribution in [3.8, 4) is 0 Å². The zero-order valence-electron chi connectivity index (χ0n) is 8.56. The SMILES string of the molecule is CC(C)[C@@H](CCl)SSC(C)(C)C. The minimum Gasteiger partial charge on any atom is -0.125 e. The normalized spacial score (nSPS) is 15.2. The second-order valence-electron chi connectivity index (χ2n) is 4.23. The summed E-state index contributed by atoms with van der Waals surface area (Å²) in [5.74, 6) is 1.42. The van der Waals surface area contributed by atoms with Gasteiger partial charge in [-0.1, -0.05) is 56.2 Å². The van der Waals surface area contributed by atoms with Crippen LogP contribution in [0.25, 0.3) is 0 Å². The molecule has 0 unspecified atom stereocenters. The van der Waals surface area contributed by atoms with Crippen LogP contribution in [0, 0.1) is 5.92 Å². The summed E-state index contributed by atoms with van der Waals surface area (Å²) in [6.45, 7) is 11.1. The molecule has 0 fully saturated rings. The molecule has 12 heavy (non-hydrogen) atoms. The molecule has 0 N–H and O–H groups in total. The lowest BCUT2D eigenvalue weighted by Crippen LogP contribution is -2.14. The van der Waals surface area contributed by atoms with Crippen LogP contribution in [0.5, 0.6) is 0 Å². The molecule has 0 saturated carbocycles. The van der Waals surface area contributed by atoms with Crippen LogP contribution in [0.3, 0.4) is 0 Å². The van der Waals surface area contributed by atoms with Gasteiger partial charge in [0.1, 0.15) is 0 Å². The highest BCUT2D eigenvalue weighted by atomic mass is 35.5. The molecule has 0 heterocycles. The molecule has 0 nitrogen and oxygen atoms in total. The highest BCUT2D eigenvalue weighted by molar-refractivity contribution is 8.77. The van der Waals surface area contributed by atoms with E-state index < -0.39 is 0 Å². The van der Waals surface area contributed by atoms with E-state index in [9.17, 15) is 0 Å². The van der Waals surface area contributed by atoms with Gasteiger partial charge >= 0.3 is 0 Å². The van der Waals surface area contributed by atoms with Crippen LogP contribution in [-0.2, 0) is 0 Å². The van der Waals surface area contributed by atoms with Crippen molar-refractivity contribution in [1.82, 2.24) is 0 Å². The van der Waals surface area contributed by atoms with Crippen molar-refractivity contribution in [2.45, 2.75) is 44.6 Å². The Hall–Kier alpha value is 0.990. The van der Waals surface area contributed by atoms with Crippen molar-refractivity contribution in [1.29, 1.82) is 0 Å². The van der Waals surface area contributed by atoms with E-state index in [0.717, 1.165) is 5.88 Å². The number of hydrogen-bond donors (Lipinski definition) is 0. The summed E-state index contributed by atoms with van der Waals surface area (Å²) < 4.78 is 0.337. The smallest absolute Gasteiger partial charge is 0.0353 e. The molecular weight excluding hydrogens is 208 g/mol. The van der Waals surface area contributed by atoms with Crippen LogP contribution in [0.2, 0.25) is 0 Å². The van der Waals surface area contributed by atoms with Crippen molar-refractivity contribution < 1.29 is 0 Å². The van der Waals surface area contributed by atoms with Crippen LogP contribution in [0.4, 0.5) is 0 Å². The van der Waals surface area contributed by atoms with Crippen LogP contribution in [0.1, 0.15) is 34.6 Å². The van der Waals surface area contributed by atoms with E-state index in [1.165, 1.54) is 0 Å². The fraction of sp³-hybridized carbons (Fsp3) is 1.00. The van der Waals surface area contributed by atoms with Gasteiger partial charge in [-0.2, -0.15) is 0 Å². The average Bonchev–Trinajstić information content (AvgIpc) is 1.85. The number of halogens is 1. The van der Waals surface area contributed by atoms with Crippen LogP contribution < -0.4 is 0 Å². The maximum atomic E-state index is 5.86. The quantitative estimate of drug-likeness (QED) is 0.514. The third kappa shape index (κ3) is 6.50. The standard InChI is InChI=1S/C9H19ClS2/c1-7(2)8(6-10)11-12-9(3,4)5/h7-8H,6H2,1-5H3/t8-/m1/s1. The Bertz CT molecular complexity index is 118. The lowest BCUT2D eigenvalue weighted by molar-refractivity contribution is 0.648. The number of hydrogen-bond acceptors (Lipinski definition) is 2. The van der Waals surface area contributed by atoms with Gasteiger partial charge in [-0.05, 0) is 5.92 Å². The van der Waals surface area contributed by atoms with Gasteiger partial charge in [-0.3, -0.25) is 0 Å². The maximum absolute atomic E-state index is 5.86. The Balaban J connectivity index is 3.73. The van der Waals surface area contributed by atoms with Gasteiger partial charge in [-0.15, -0.1) is 11.6 Å². The van der Waals surface area contributed by atoms with Crippen molar-refractivity contribution in [3.63, 3.8) is 0 Å². The fourth-order valence-corrected chi connectivity index (χ4v) is 4.08. The van der Waals surface area contributed by atoms with Gasteiger partial charge < -0.3 is 0 Å². The van der Waals surface area contributed by atoms with Gasteiger partial charge in [0.05, 0.1) is 0 Å². The van der Waals surface area contributed by atoms with E-state index in [1.807, 2.05) is 21.6 Å². The first kappa shape index (κ1) is 13.0. The molecule has 0 aliphatic rings. The summed E-state index contributed by atoms with van der Waals surface area (Å²) in [5.41, 5.74) is 0. The molecule has 0 aromatic rings. The minimum atomic E-state index is 0.337. The Kier molecular flexibility index (Phi) is 6.13. The van der Waals surface area contributed by atoms with Gasteiger partial charge in [-0.25, -0.2) is 0 Å². The third-order valence-corrected chi connectivity index (χ3v) is 5.92. The molecule has 0 aromatic heterocycles. The monoisotopic (exact) mass is 226 g/mol. The third-order valence-electron chi connectivity index (χ3n) is 1.32. The summed E-state index contributed by atoms with van der Waals surface area (Å²) in [7, 11) is 3.85. The molecule has 0 aliphatic carbocycles. The second-order valence-corrected chi connectivity index (χ2v) is 7.80. The topological polar surface area (TPSA) is 0 Å². The molecule has 1 atom stereocenters. The molecule has 0 saturated heterocycles. The largest absolute Gasteiger partial charge is 0.125 e. The Morgan fingerprint density at radius 1 is 1.25 bits per heavy atom. The molecule has 0 amide bonds. The Morgan fingerprint density at radius 3 is 2.00 bits per heavy atom. The average molecular weight is 227 g/mol. The van der Waals surface area contributed by atoms with Crippen LogP contribution in [0.15, 0.2) is 0 Å². The first-order chi connectivity index (χ1) is 5.37. The van der Waals surface area contributed by atoms with Gasteiger partial charge in [0, 0.05) is 15.9 Å². The van der Waals surface area contributed by atoms with E-state index in [4.69, 9.17) is 11.6 Å². The summed E-state index contributed by atoms with van der Waals surface area (Å²) in [6.07, 6.45) is 0. The van der Waals surface area contributed by atoms with E-state index in [2.05, 4.69) is 34.6 Å². The van der Waals surface area contributed by atoms with E-state index >= 15 is 0 Å². The Labute approximate surface area is 89.6 Å². The van der Waals surface area contributed by atoms with E-state index in [-0.39, 0.29) is 0 Å². The van der Waals surface area contributed by atoms with Crippen LogP contribution >= 0.6 is 33.2 Å². The molecular formula is C9H19ClS2. The molecule has 3 heteroatoms. The van der Waals surface area contributed by atoms with Gasteiger partial charge in [0.15, 0.2) is 0 Å². The summed E-state index contributed by atoms with van der Waals surface area (Å²) in [4.78, 5) is 0.